The van der Waals surface area contributed by atoms with Crippen molar-refractivity contribution in [2.75, 3.05) is 18.4 Å². The van der Waals surface area contributed by atoms with E-state index in [1.807, 2.05) is 18.2 Å². The molecule has 1 aromatic carbocycles. The van der Waals surface area contributed by atoms with Gasteiger partial charge in [0, 0.05) is 49.6 Å². The van der Waals surface area contributed by atoms with Gasteiger partial charge in [0.05, 0.1) is 46.5 Å². The summed E-state index contributed by atoms with van der Waals surface area (Å²) < 4.78 is 42.9. The van der Waals surface area contributed by atoms with Gasteiger partial charge in [-0.1, -0.05) is 17.7 Å². The number of sulfonamides is 1. The van der Waals surface area contributed by atoms with Crippen molar-refractivity contribution in [1.82, 2.24) is 29.4 Å². The first-order valence-electron chi connectivity index (χ1n) is 13.9. The van der Waals surface area contributed by atoms with Gasteiger partial charge in [0.15, 0.2) is 0 Å². The Labute approximate surface area is 248 Å². The van der Waals surface area contributed by atoms with E-state index < -0.39 is 22.2 Å². The first kappa shape index (κ1) is 28.5. The van der Waals surface area contributed by atoms with E-state index in [0.717, 1.165) is 18.4 Å². The number of hydrogen-bond acceptors (Lipinski definition) is 8. The number of benzene rings is 1. The molecule has 2 atom stereocenters. The maximum Gasteiger partial charge on any atom is 0.231 e. The highest BCUT2D eigenvalue weighted by atomic mass is 35.5. The molecule has 3 aromatic rings. The lowest BCUT2D eigenvalue weighted by Crippen LogP contribution is -2.50. The average molecular weight is 610 g/mol. The van der Waals surface area contributed by atoms with Crippen LogP contribution in [0.4, 0.5) is 16.0 Å². The number of nitrogens with one attached hydrogen (secondary N) is 2. The van der Waals surface area contributed by atoms with Crippen molar-refractivity contribution in [3.63, 3.8) is 0 Å². The van der Waals surface area contributed by atoms with Crippen LogP contribution in [0.3, 0.4) is 0 Å². The van der Waals surface area contributed by atoms with Gasteiger partial charge in [-0.05, 0) is 49.8 Å². The minimum Gasteiger partial charge on any atom is -0.349 e. The van der Waals surface area contributed by atoms with Gasteiger partial charge < -0.3 is 10.6 Å². The molecule has 218 valence electrons. The lowest BCUT2D eigenvalue weighted by molar-refractivity contribution is 0.185. The molecule has 2 aliphatic carbocycles. The lowest BCUT2D eigenvalue weighted by atomic mass is 9.81. The Hall–Kier alpha value is -3.62. The number of nitrogens with zero attached hydrogens (tertiary/aromatic N) is 7. The van der Waals surface area contributed by atoms with Crippen molar-refractivity contribution in [2.24, 2.45) is 5.92 Å². The van der Waals surface area contributed by atoms with Crippen LogP contribution in [0, 0.1) is 23.8 Å². The number of alkyl halides is 1. The molecule has 2 saturated carbocycles. The second-order valence-corrected chi connectivity index (χ2v) is 13.7. The molecule has 3 fully saturated rings. The molecule has 0 spiro atoms. The Morgan fingerprint density at radius 3 is 2.74 bits per heavy atom. The van der Waals surface area contributed by atoms with Crippen molar-refractivity contribution < 1.29 is 12.8 Å². The Morgan fingerprint density at radius 1 is 1.24 bits per heavy atom. The van der Waals surface area contributed by atoms with E-state index in [-0.39, 0.29) is 42.3 Å². The molecule has 1 saturated heterocycles. The van der Waals surface area contributed by atoms with Crippen LogP contribution in [0.25, 0.3) is 21.8 Å². The van der Waals surface area contributed by atoms with Crippen molar-refractivity contribution in [3.8, 4) is 23.0 Å². The van der Waals surface area contributed by atoms with Gasteiger partial charge in [-0.25, -0.2) is 32.3 Å². The van der Waals surface area contributed by atoms with Gasteiger partial charge in [-0.3, -0.25) is 0 Å². The Kier molecular flexibility index (Phi) is 7.85. The molecule has 11 nitrogen and oxygen atoms in total. The number of halogens is 2. The van der Waals surface area contributed by atoms with Crippen LogP contribution in [0.15, 0.2) is 36.8 Å². The van der Waals surface area contributed by atoms with Gasteiger partial charge in [-0.15, -0.1) is 0 Å². The Morgan fingerprint density at radius 2 is 2.05 bits per heavy atom. The van der Waals surface area contributed by atoms with Gasteiger partial charge in [0.25, 0.3) is 0 Å². The van der Waals surface area contributed by atoms with E-state index in [9.17, 15) is 8.42 Å². The minimum atomic E-state index is -3.43. The fourth-order valence-electron chi connectivity index (χ4n) is 5.33. The van der Waals surface area contributed by atoms with Crippen LogP contribution in [0.1, 0.15) is 37.7 Å². The molecule has 2 N–H and O–H groups in total. The van der Waals surface area contributed by atoms with E-state index in [1.54, 1.807) is 17.1 Å². The molecule has 42 heavy (non-hydrogen) atoms. The van der Waals surface area contributed by atoms with E-state index in [1.165, 1.54) is 10.5 Å². The summed E-state index contributed by atoms with van der Waals surface area (Å²) in [5.74, 6) is 0.294. The van der Waals surface area contributed by atoms with Crippen molar-refractivity contribution in [2.45, 2.75) is 62.2 Å². The van der Waals surface area contributed by atoms with Crippen LogP contribution in [0.2, 0.25) is 5.02 Å². The molecule has 6 rings (SSSR count). The van der Waals surface area contributed by atoms with Gasteiger partial charge in [0.2, 0.25) is 21.7 Å². The van der Waals surface area contributed by atoms with E-state index >= 15 is 4.39 Å². The molecule has 3 heterocycles. The molecule has 0 amide bonds. The molecule has 14 heteroatoms. The quantitative estimate of drug-likeness (QED) is 0.344. The number of hydrogen-bond donors (Lipinski definition) is 2. The normalized spacial score (nSPS) is 24.4. The largest absolute Gasteiger partial charge is 0.349 e. The average Bonchev–Trinajstić information content (AvgIpc) is 3.72. The minimum absolute atomic E-state index is 0.143. The second-order valence-electron chi connectivity index (χ2n) is 11.0. The monoisotopic (exact) mass is 609 g/mol. The molecule has 1 aliphatic heterocycles. The standard InChI is InChI=1S/C28H29ClFN9O2S/c1-32-25-14-34-28(36-24-6-7-38(16-23(24)30)42(40,41)21-3-4-21)37-27(25)19-13-35-39(15-19)26-5-2-17(10-22(26)29)12-33-20-8-18(9-20)11-31/h2,5,10,13-15,18,20-21,23-24,33H,3-4,6-9,12,16H2,(H,34,36,37)/t18?,20?,23-,24+/m1/s1. The summed E-state index contributed by atoms with van der Waals surface area (Å²) in [4.78, 5) is 12.3. The summed E-state index contributed by atoms with van der Waals surface area (Å²) in [5.41, 5.74) is 2.79. The third-order valence-electron chi connectivity index (χ3n) is 8.04. The highest BCUT2D eigenvalue weighted by Crippen LogP contribution is 2.34. The zero-order valence-electron chi connectivity index (χ0n) is 22.6. The van der Waals surface area contributed by atoms with Crippen LogP contribution < -0.4 is 10.6 Å². The highest BCUT2D eigenvalue weighted by Gasteiger charge is 2.43. The summed E-state index contributed by atoms with van der Waals surface area (Å²) >= 11 is 6.60. The first-order valence-corrected chi connectivity index (χ1v) is 15.7. The maximum absolute atomic E-state index is 15.0. The second kappa shape index (κ2) is 11.6. The summed E-state index contributed by atoms with van der Waals surface area (Å²) in [6.07, 6.45) is 6.53. The number of anilines is 1. The van der Waals surface area contributed by atoms with Crippen molar-refractivity contribution in [1.29, 1.82) is 5.26 Å². The zero-order valence-corrected chi connectivity index (χ0v) is 24.2. The van der Waals surface area contributed by atoms with E-state index in [0.29, 0.717) is 47.4 Å². The molecule has 0 unspecified atom stereocenters. The molecular formula is C28H29ClFN9O2S. The van der Waals surface area contributed by atoms with Gasteiger partial charge >= 0.3 is 0 Å². The van der Waals surface area contributed by atoms with Gasteiger partial charge in [-0.2, -0.15) is 14.7 Å². The number of piperidine rings is 1. The number of nitriles is 1. The maximum atomic E-state index is 15.0. The van der Waals surface area contributed by atoms with Crippen molar-refractivity contribution >= 4 is 33.3 Å². The predicted molar refractivity (Wildman–Crippen MR) is 155 cm³/mol. The van der Waals surface area contributed by atoms with E-state index in [2.05, 4.69) is 36.6 Å². The Balaban J connectivity index is 1.14. The first-order chi connectivity index (χ1) is 20.2. The topological polar surface area (TPSA) is 133 Å². The number of aromatic nitrogens is 4. The zero-order chi connectivity index (χ0) is 29.4. The molecule has 0 bridgehead atoms. The molecule has 3 aliphatic rings. The summed E-state index contributed by atoms with van der Waals surface area (Å²) in [6.45, 7) is 8.26. The number of rotatable bonds is 9. The third-order valence-corrected chi connectivity index (χ3v) is 10.7. The smallest absolute Gasteiger partial charge is 0.231 e. The van der Waals surface area contributed by atoms with E-state index in [4.69, 9.17) is 23.4 Å². The highest BCUT2D eigenvalue weighted by molar-refractivity contribution is 7.90. The summed E-state index contributed by atoms with van der Waals surface area (Å²) in [5, 5.41) is 20.0. The molecular weight excluding hydrogens is 581 g/mol. The van der Waals surface area contributed by atoms with Gasteiger partial charge in [0.1, 0.15) is 6.17 Å². The van der Waals surface area contributed by atoms with Crippen LogP contribution in [-0.4, -0.2) is 69.1 Å². The molecule has 0 radical (unpaired) electrons. The lowest BCUT2D eigenvalue weighted by Gasteiger charge is -2.34. The SMILES string of the molecule is [C-]#[N+]c1cnc(N[C@H]2CCN(S(=O)(=O)C3CC3)C[C@H]2F)nc1-c1cnn(-c2ccc(CNC3CC(C#N)C3)cc2Cl)c1. The van der Waals surface area contributed by atoms with Crippen molar-refractivity contribution in [3.05, 3.63) is 58.8 Å². The fourth-order valence-corrected chi connectivity index (χ4v) is 7.48. The Bertz CT molecular complexity index is 1670. The van der Waals surface area contributed by atoms with Crippen LogP contribution in [-0.2, 0) is 16.6 Å². The van der Waals surface area contributed by atoms with Crippen LogP contribution >= 0.6 is 11.6 Å². The summed E-state index contributed by atoms with van der Waals surface area (Å²) in [6, 6.07) is 7.67. The predicted octanol–water partition coefficient (Wildman–Crippen LogP) is 4.24. The summed E-state index contributed by atoms with van der Waals surface area (Å²) in [7, 11) is -3.43. The fraction of sp³-hybridized carbons (Fsp3) is 0.464. The van der Waals surface area contributed by atoms with Crippen LogP contribution in [0.5, 0.6) is 0 Å². The third kappa shape index (κ3) is 5.83. The molecule has 2 aromatic heterocycles.